The number of hydrogen-bond acceptors (Lipinski definition) is 3. The van der Waals surface area contributed by atoms with Crippen LogP contribution < -0.4 is 5.32 Å². The molecule has 0 saturated heterocycles. The van der Waals surface area contributed by atoms with Gasteiger partial charge in [-0.05, 0) is 24.8 Å². The summed E-state index contributed by atoms with van der Waals surface area (Å²) >= 11 is 6.26. The lowest BCUT2D eigenvalue weighted by Gasteiger charge is -2.17. The van der Waals surface area contributed by atoms with E-state index in [1.165, 1.54) is 0 Å². The number of nitrogens with zero attached hydrogens (tertiary/aromatic N) is 2. The van der Waals surface area contributed by atoms with Crippen molar-refractivity contribution in [3.63, 3.8) is 0 Å². The molecule has 1 aliphatic rings. The summed E-state index contributed by atoms with van der Waals surface area (Å²) in [4.78, 5) is 12.7. The minimum Gasteiger partial charge on any atom is -0.383 e. The summed E-state index contributed by atoms with van der Waals surface area (Å²) in [6.45, 7) is 0.526. The molecule has 1 amide bonds. The molecule has 122 valence electrons. The molecule has 1 atom stereocenters. The van der Waals surface area contributed by atoms with Crippen LogP contribution in [0.4, 0.5) is 0 Å². The van der Waals surface area contributed by atoms with Crippen LogP contribution in [0.3, 0.4) is 0 Å². The number of rotatable bonds is 6. The van der Waals surface area contributed by atoms with Gasteiger partial charge >= 0.3 is 0 Å². The van der Waals surface area contributed by atoms with Crippen LogP contribution in [0.25, 0.3) is 11.3 Å². The van der Waals surface area contributed by atoms with Crippen LogP contribution >= 0.6 is 11.6 Å². The maximum atomic E-state index is 12.7. The van der Waals surface area contributed by atoms with Crippen molar-refractivity contribution >= 4 is 17.5 Å². The Morgan fingerprint density at radius 3 is 2.87 bits per heavy atom. The molecule has 1 aromatic heterocycles. The number of ether oxygens (including phenoxy) is 1. The van der Waals surface area contributed by atoms with Crippen molar-refractivity contribution in [3.8, 4) is 11.3 Å². The van der Waals surface area contributed by atoms with Crippen LogP contribution in [-0.4, -0.2) is 35.4 Å². The molecule has 0 spiro atoms. The summed E-state index contributed by atoms with van der Waals surface area (Å²) in [6.07, 6.45) is 4.00. The molecule has 0 aliphatic heterocycles. The fraction of sp³-hybridized carbons (Fsp3) is 0.412. The highest BCUT2D eigenvalue weighted by molar-refractivity contribution is 6.33. The van der Waals surface area contributed by atoms with E-state index < -0.39 is 0 Å². The van der Waals surface area contributed by atoms with Crippen LogP contribution in [0, 0.1) is 5.92 Å². The van der Waals surface area contributed by atoms with Crippen molar-refractivity contribution in [2.24, 2.45) is 13.0 Å². The fourth-order valence-electron chi connectivity index (χ4n) is 2.73. The minimum absolute atomic E-state index is 0.0480. The lowest BCUT2D eigenvalue weighted by atomic mass is 10.1. The first kappa shape index (κ1) is 16.0. The molecule has 2 aromatic rings. The van der Waals surface area contributed by atoms with Gasteiger partial charge in [-0.15, -0.1) is 0 Å². The highest BCUT2D eigenvalue weighted by atomic mass is 35.5. The average molecular weight is 334 g/mol. The Balaban J connectivity index is 1.88. The molecule has 1 unspecified atom stereocenters. The Hall–Kier alpha value is -1.85. The lowest BCUT2D eigenvalue weighted by molar-refractivity contribution is 0.0884. The summed E-state index contributed by atoms with van der Waals surface area (Å²) in [7, 11) is 3.45. The predicted octanol–water partition coefficient (Wildman–Crippen LogP) is 2.90. The van der Waals surface area contributed by atoms with Gasteiger partial charge in [0.15, 0.2) is 0 Å². The third-order valence-corrected chi connectivity index (χ3v) is 4.39. The van der Waals surface area contributed by atoms with E-state index in [2.05, 4.69) is 10.4 Å². The number of nitrogens with one attached hydrogen (secondary N) is 1. The molecule has 0 radical (unpaired) electrons. The zero-order valence-electron chi connectivity index (χ0n) is 13.3. The van der Waals surface area contributed by atoms with Crippen molar-refractivity contribution in [3.05, 3.63) is 41.0 Å². The Kier molecular flexibility index (Phi) is 4.68. The number of halogens is 1. The Morgan fingerprint density at radius 1 is 1.48 bits per heavy atom. The number of carbonyl (C=O) groups is 1. The predicted molar refractivity (Wildman–Crippen MR) is 89.5 cm³/mol. The van der Waals surface area contributed by atoms with E-state index in [0.29, 0.717) is 28.8 Å². The molecule has 5 nitrogen and oxygen atoms in total. The second-order valence-electron chi connectivity index (χ2n) is 5.92. The van der Waals surface area contributed by atoms with Crippen LogP contribution in [0.15, 0.2) is 30.5 Å². The normalized spacial score (nSPS) is 15.4. The summed E-state index contributed by atoms with van der Waals surface area (Å²) in [6, 6.07) is 7.46. The summed E-state index contributed by atoms with van der Waals surface area (Å²) in [5.41, 5.74) is 1.89. The third-order valence-electron chi connectivity index (χ3n) is 4.06. The molecule has 1 fully saturated rings. The highest BCUT2D eigenvalue weighted by Gasteiger charge is 2.33. The van der Waals surface area contributed by atoms with Crippen LogP contribution in [0.5, 0.6) is 0 Å². The molecular weight excluding hydrogens is 314 g/mol. The van der Waals surface area contributed by atoms with E-state index in [0.717, 1.165) is 18.4 Å². The van der Waals surface area contributed by atoms with Gasteiger partial charge in [0.2, 0.25) is 0 Å². The van der Waals surface area contributed by atoms with Gasteiger partial charge in [-0.25, -0.2) is 0 Å². The summed E-state index contributed by atoms with van der Waals surface area (Å²) < 4.78 is 6.86. The first-order valence-electron chi connectivity index (χ1n) is 7.68. The molecular formula is C17H20ClN3O2. The van der Waals surface area contributed by atoms with E-state index in [9.17, 15) is 4.79 Å². The number of aromatic nitrogens is 2. The fourth-order valence-corrected chi connectivity index (χ4v) is 2.95. The zero-order chi connectivity index (χ0) is 16.4. The van der Waals surface area contributed by atoms with Gasteiger partial charge < -0.3 is 10.1 Å². The maximum absolute atomic E-state index is 12.7. The molecule has 1 heterocycles. The number of benzene rings is 1. The summed E-state index contributed by atoms with van der Waals surface area (Å²) in [5.74, 6) is 0.376. The van der Waals surface area contributed by atoms with Gasteiger partial charge in [-0.2, -0.15) is 5.10 Å². The van der Waals surface area contributed by atoms with E-state index in [4.69, 9.17) is 16.3 Å². The standard InChI is InChI=1S/C17H20ClN3O2/c1-21-9-13(16(20-21)12-5-3-4-6-14(12)18)17(22)19-15(10-23-2)11-7-8-11/h3-6,9,11,15H,7-8,10H2,1-2H3,(H,19,22). The second-order valence-corrected chi connectivity index (χ2v) is 6.32. The topological polar surface area (TPSA) is 56.1 Å². The molecule has 1 aromatic carbocycles. The van der Waals surface area contributed by atoms with E-state index in [-0.39, 0.29) is 11.9 Å². The molecule has 0 bridgehead atoms. The van der Waals surface area contributed by atoms with Crippen LogP contribution in [0.2, 0.25) is 5.02 Å². The third kappa shape index (κ3) is 3.57. The number of aryl methyl sites for hydroxylation is 1. The van der Waals surface area contributed by atoms with Gasteiger partial charge in [-0.3, -0.25) is 9.48 Å². The molecule has 1 aliphatic carbocycles. The van der Waals surface area contributed by atoms with Gasteiger partial charge in [-0.1, -0.05) is 29.8 Å². The number of amides is 1. The van der Waals surface area contributed by atoms with Gasteiger partial charge in [0, 0.05) is 25.9 Å². The smallest absolute Gasteiger partial charge is 0.255 e. The first-order chi connectivity index (χ1) is 11.1. The number of carbonyl (C=O) groups excluding carboxylic acids is 1. The molecule has 3 rings (SSSR count). The van der Waals surface area contributed by atoms with Gasteiger partial charge in [0.25, 0.3) is 5.91 Å². The monoisotopic (exact) mass is 333 g/mol. The SMILES string of the molecule is COCC(NC(=O)c1cn(C)nc1-c1ccccc1Cl)C1CC1. The average Bonchev–Trinajstić information content (AvgIpc) is 3.30. The second kappa shape index (κ2) is 6.72. The summed E-state index contributed by atoms with van der Waals surface area (Å²) in [5, 5.41) is 8.07. The van der Waals surface area contributed by atoms with Crippen LogP contribution in [-0.2, 0) is 11.8 Å². The molecule has 1 saturated carbocycles. The quantitative estimate of drug-likeness (QED) is 0.884. The number of methoxy groups -OCH3 is 1. The Labute approximate surface area is 140 Å². The van der Waals surface area contributed by atoms with Crippen LogP contribution in [0.1, 0.15) is 23.2 Å². The zero-order valence-corrected chi connectivity index (χ0v) is 14.0. The Bertz CT molecular complexity index is 710. The minimum atomic E-state index is -0.137. The first-order valence-corrected chi connectivity index (χ1v) is 8.06. The van der Waals surface area contributed by atoms with E-state index >= 15 is 0 Å². The molecule has 6 heteroatoms. The van der Waals surface area contributed by atoms with Gasteiger partial charge in [0.05, 0.1) is 23.2 Å². The molecule has 23 heavy (non-hydrogen) atoms. The van der Waals surface area contributed by atoms with E-state index in [1.807, 2.05) is 18.2 Å². The Morgan fingerprint density at radius 2 is 2.22 bits per heavy atom. The largest absolute Gasteiger partial charge is 0.383 e. The lowest BCUT2D eigenvalue weighted by Crippen LogP contribution is -2.39. The van der Waals surface area contributed by atoms with Crippen molar-refractivity contribution in [2.75, 3.05) is 13.7 Å². The van der Waals surface area contributed by atoms with Crippen molar-refractivity contribution < 1.29 is 9.53 Å². The number of hydrogen-bond donors (Lipinski definition) is 1. The highest BCUT2D eigenvalue weighted by Crippen LogP contribution is 2.33. The van der Waals surface area contributed by atoms with Crippen molar-refractivity contribution in [1.82, 2.24) is 15.1 Å². The van der Waals surface area contributed by atoms with Crippen molar-refractivity contribution in [2.45, 2.75) is 18.9 Å². The van der Waals surface area contributed by atoms with Crippen molar-refractivity contribution in [1.29, 1.82) is 0 Å². The molecule has 1 N–H and O–H groups in total. The van der Waals surface area contributed by atoms with Gasteiger partial charge in [0.1, 0.15) is 5.69 Å². The van der Waals surface area contributed by atoms with E-state index in [1.54, 1.807) is 31.1 Å². The maximum Gasteiger partial charge on any atom is 0.255 e.